The predicted molar refractivity (Wildman–Crippen MR) is 92.9 cm³/mol. The quantitative estimate of drug-likeness (QED) is 0.807. The Hall–Kier alpha value is -2.03. The first kappa shape index (κ1) is 17.8. The Kier molecular flexibility index (Phi) is 5.03. The normalized spacial score (nSPS) is 16.0. The van der Waals surface area contributed by atoms with Crippen molar-refractivity contribution in [3.8, 4) is 0 Å². The number of hydrogen-bond donors (Lipinski definition) is 0. The molecule has 7 nitrogen and oxygen atoms in total. The lowest BCUT2D eigenvalue weighted by Crippen LogP contribution is -2.50. The molecule has 1 aromatic carbocycles. The van der Waals surface area contributed by atoms with Crippen LogP contribution in [0.2, 0.25) is 5.02 Å². The number of carbonyl (C=O) groups is 1. The highest BCUT2D eigenvalue weighted by Gasteiger charge is 2.30. The number of aryl methyl sites for hydroxylation is 1. The number of halogens is 1. The first-order valence-electron chi connectivity index (χ1n) is 7.71. The van der Waals surface area contributed by atoms with Crippen molar-refractivity contribution in [1.29, 1.82) is 0 Å². The van der Waals surface area contributed by atoms with E-state index >= 15 is 0 Å². The molecule has 2 aromatic rings. The molecule has 1 saturated heterocycles. The van der Waals surface area contributed by atoms with Gasteiger partial charge in [0.1, 0.15) is 5.69 Å². The molecule has 0 aliphatic carbocycles. The standard InChI is InChI=1S/C16H17ClN4O3S/c1-12-10-19-15(11-18-12)16(22)20-6-8-21(9-7-20)25(23,24)14-4-2-13(17)3-5-14/h2-5,10-11H,6-9H2,1H3. The summed E-state index contributed by atoms with van der Waals surface area (Å²) in [5.74, 6) is -0.240. The molecule has 3 rings (SSSR count). The van der Waals surface area contributed by atoms with Crippen LogP contribution < -0.4 is 0 Å². The average molecular weight is 381 g/mol. The van der Waals surface area contributed by atoms with E-state index in [1.807, 2.05) is 0 Å². The Labute approximate surface area is 151 Å². The minimum absolute atomic E-state index is 0.195. The van der Waals surface area contributed by atoms with E-state index in [-0.39, 0.29) is 29.6 Å². The van der Waals surface area contributed by atoms with Crippen LogP contribution in [-0.4, -0.2) is 59.7 Å². The van der Waals surface area contributed by atoms with Gasteiger partial charge in [0.2, 0.25) is 10.0 Å². The highest BCUT2D eigenvalue weighted by molar-refractivity contribution is 7.89. The average Bonchev–Trinajstić information content (AvgIpc) is 2.62. The molecule has 2 heterocycles. The van der Waals surface area contributed by atoms with E-state index in [9.17, 15) is 13.2 Å². The van der Waals surface area contributed by atoms with Crippen molar-refractivity contribution in [2.75, 3.05) is 26.2 Å². The van der Waals surface area contributed by atoms with Crippen molar-refractivity contribution < 1.29 is 13.2 Å². The summed E-state index contributed by atoms with van der Waals surface area (Å²) in [5.41, 5.74) is 0.995. The topological polar surface area (TPSA) is 83.5 Å². The molecule has 1 aliphatic rings. The van der Waals surface area contributed by atoms with Crippen LogP contribution in [0, 0.1) is 6.92 Å². The minimum Gasteiger partial charge on any atom is -0.335 e. The third-order valence-corrected chi connectivity index (χ3v) is 6.14. The van der Waals surface area contributed by atoms with Crippen LogP contribution in [0.15, 0.2) is 41.6 Å². The van der Waals surface area contributed by atoms with Gasteiger partial charge in [-0.05, 0) is 31.2 Å². The number of nitrogens with zero attached hydrogens (tertiary/aromatic N) is 4. The zero-order chi connectivity index (χ0) is 18.0. The number of piperazine rings is 1. The summed E-state index contributed by atoms with van der Waals surface area (Å²) in [4.78, 5) is 22.3. The molecule has 0 N–H and O–H groups in total. The van der Waals surface area contributed by atoms with Crippen molar-refractivity contribution in [2.45, 2.75) is 11.8 Å². The SMILES string of the molecule is Cc1cnc(C(=O)N2CCN(S(=O)(=O)c3ccc(Cl)cc3)CC2)cn1. The molecule has 1 aliphatic heterocycles. The Bertz CT molecular complexity index is 861. The van der Waals surface area contributed by atoms with Gasteiger partial charge in [-0.3, -0.25) is 9.78 Å². The summed E-state index contributed by atoms with van der Waals surface area (Å²) in [6.07, 6.45) is 2.98. The van der Waals surface area contributed by atoms with Gasteiger partial charge in [0.15, 0.2) is 0 Å². The molecular weight excluding hydrogens is 364 g/mol. The van der Waals surface area contributed by atoms with Crippen molar-refractivity contribution in [3.63, 3.8) is 0 Å². The number of amides is 1. The van der Waals surface area contributed by atoms with E-state index in [1.54, 1.807) is 24.0 Å². The fraction of sp³-hybridized carbons (Fsp3) is 0.312. The van der Waals surface area contributed by atoms with Gasteiger partial charge in [0.05, 0.1) is 16.8 Å². The molecule has 132 valence electrons. The van der Waals surface area contributed by atoms with Crippen molar-refractivity contribution in [3.05, 3.63) is 53.1 Å². The largest absolute Gasteiger partial charge is 0.335 e. The summed E-state index contributed by atoms with van der Waals surface area (Å²) in [7, 11) is -3.59. The highest BCUT2D eigenvalue weighted by Crippen LogP contribution is 2.20. The van der Waals surface area contributed by atoms with Crippen LogP contribution in [0.3, 0.4) is 0 Å². The second-order valence-electron chi connectivity index (χ2n) is 5.69. The van der Waals surface area contributed by atoms with Crippen molar-refractivity contribution >= 4 is 27.5 Å². The van der Waals surface area contributed by atoms with Gasteiger partial charge in [-0.1, -0.05) is 11.6 Å². The van der Waals surface area contributed by atoms with Crippen LogP contribution in [0.25, 0.3) is 0 Å². The minimum atomic E-state index is -3.59. The second-order valence-corrected chi connectivity index (χ2v) is 8.07. The van der Waals surface area contributed by atoms with E-state index in [0.29, 0.717) is 18.1 Å². The van der Waals surface area contributed by atoms with E-state index in [0.717, 1.165) is 5.69 Å². The lowest BCUT2D eigenvalue weighted by Gasteiger charge is -2.33. The number of benzene rings is 1. The van der Waals surface area contributed by atoms with E-state index in [4.69, 9.17) is 11.6 Å². The lowest BCUT2D eigenvalue weighted by molar-refractivity contribution is 0.0691. The molecule has 25 heavy (non-hydrogen) atoms. The van der Waals surface area contributed by atoms with E-state index in [1.165, 1.54) is 28.8 Å². The Balaban J connectivity index is 1.68. The molecule has 0 saturated carbocycles. The lowest BCUT2D eigenvalue weighted by atomic mass is 10.3. The molecule has 0 atom stereocenters. The fourth-order valence-electron chi connectivity index (χ4n) is 2.55. The Morgan fingerprint density at radius 2 is 1.68 bits per heavy atom. The summed E-state index contributed by atoms with van der Waals surface area (Å²) >= 11 is 5.81. The second kappa shape index (κ2) is 7.07. The Morgan fingerprint density at radius 1 is 1.04 bits per heavy atom. The zero-order valence-corrected chi connectivity index (χ0v) is 15.2. The first-order chi connectivity index (χ1) is 11.9. The van der Waals surface area contributed by atoms with Gasteiger partial charge in [0.25, 0.3) is 5.91 Å². The molecule has 1 amide bonds. The van der Waals surface area contributed by atoms with Crippen LogP contribution >= 0.6 is 11.6 Å². The molecule has 0 bridgehead atoms. The van der Waals surface area contributed by atoms with Gasteiger partial charge in [-0.25, -0.2) is 13.4 Å². The van der Waals surface area contributed by atoms with Gasteiger partial charge < -0.3 is 4.90 Å². The molecule has 1 aromatic heterocycles. The molecule has 9 heteroatoms. The summed E-state index contributed by atoms with van der Waals surface area (Å²) in [5, 5.41) is 0.480. The maximum Gasteiger partial charge on any atom is 0.274 e. The van der Waals surface area contributed by atoms with Gasteiger partial charge in [0, 0.05) is 37.4 Å². The smallest absolute Gasteiger partial charge is 0.274 e. The maximum atomic E-state index is 12.6. The zero-order valence-electron chi connectivity index (χ0n) is 13.6. The summed E-state index contributed by atoms with van der Waals surface area (Å²) in [6.45, 7) is 2.87. The third kappa shape index (κ3) is 3.81. The Morgan fingerprint density at radius 3 is 2.24 bits per heavy atom. The van der Waals surface area contributed by atoms with Gasteiger partial charge >= 0.3 is 0 Å². The van der Waals surface area contributed by atoms with Gasteiger partial charge in [-0.2, -0.15) is 4.31 Å². The number of sulfonamides is 1. The van der Waals surface area contributed by atoms with Crippen LogP contribution in [-0.2, 0) is 10.0 Å². The van der Waals surface area contributed by atoms with E-state index in [2.05, 4.69) is 9.97 Å². The molecular formula is C16H17ClN4O3S. The summed E-state index contributed by atoms with van der Waals surface area (Å²) < 4.78 is 26.7. The van der Waals surface area contributed by atoms with Crippen molar-refractivity contribution in [1.82, 2.24) is 19.2 Å². The highest BCUT2D eigenvalue weighted by atomic mass is 35.5. The van der Waals surface area contributed by atoms with Crippen LogP contribution in [0.5, 0.6) is 0 Å². The third-order valence-electron chi connectivity index (χ3n) is 3.98. The van der Waals surface area contributed by atoms with Gasteiger partial charge in [-0.15, -0.1) is 0 Å². The number of aromatic nitrogens is 2. The number of hydrogen-bond acceptors (Lipinski definition) is 5. The fourth-order valence-corrected chi connectivity index (χ4v) is 4.10. The molecule has 0 spiro atoms. The van der Waals surface area contributed by atoms with Crippen LogP contribution in [0.1, 0.15) is 16.2 Å². The monoisotopic (exact) mass is 380 g/mol. The molecule has 0 unspecified atom stereocenters. The number of rotatable bonds is 3. The number of carbonyl (C=O) groups excluding carboxylic acids is 1. The van der Waals surface area contributed by atoms with Crippen LogP contribution in [0.4, 0.5) is 0 Å². The summed E-state index contributed by atoms with van der Waals surface area (Å²) in [6, 6.07) is 6.06. The molecule has 1 fully saturated rings. The molecule has 0 radical (unpaired) electrons. The predicted octanol–water partition coefficient (Wildman–Crippen LogP) is 1.59. The first-order valence-corrected chi connectivity index (χ1v) is 9.53. The maximum absolute atomic E-state index is 12.6. The van der Waals surface area contributed by atoms with Crippen molar-refractivity contribution in [2.24, 2.45) is 0 Å². The van der Waals surface area contributed by atoms with E-state index < -0.39 is 10.0 Å².